The highest BCUT2D eigenvalue weighted by Crippen LogP contribution is 2.38. The van der Waals surface area contributed by atoms with Gasteiger partial charge in [-0.25, -0.2) is 0 Å². The van der Waals surface area contributed by atoms with Gasteiger partial charge in [0.1, 0.15) is 18.1 Å². The van der Waals surface area contributed by atoms with Gasteiger partial charge in [0, 0.05) is 12.1 Å². The normalized spacial score (nSPS) is 14.5. The minimum Gasteiger partial charge on any atom is -0.495 e. The Labute approximate surface area is 210 Å². The molecule has 0 N–H and O–H groups in total. The molecule has 4 rings (SSSR count). The summed E-state index contributed by atoms with van der Waals surface area (Å²) in [4.78, 5) is 25.2. The quantitative estimate of drug-likeness (QED) is 0.160. The third kappa shape index (κ3) is 5.22. The number of carbonyl (C=O) groups is 1. The third-order valence-electron chi connectivity index (χ3n) is 4.92. The van der Waals surface area contributed by atoms with E-state index in [1.165, 1.54) is 35.9 Å². The second kappa shape index (κ2) is 10.3. The van der Waals surface area contributed by atoms with Gasteiger partial charge in [0.2, 0.25) is 0 Å². The van der Waals surface area contributed by atoms with Crippen LogP contribution >= 0.6 is 35.6 Å². The van der Waals surface area contributed by atoms with Crippen LogP contribution in [0, 0.1) is 10.1 Å². The molecule has 0 saturated carbocycles. The lowest BCUT2D eigenvalue weighted by Crippen LogP contribution is -2.27. The molecule has 1 heterocycles. The lowest BCUT2D eigenvalue weighted by Gasteiger charge is -2.15. The first-order chi connectivity index (χ1) is 16.4. The molecule has 172 valence electrons. The topological polar surface area (TPSA) is 81.9 Å². The van der Waals surface area contributed by atoms with Gasteiger partial charge < -0.3 is 9.47 Å². The molecule has 0 spiro atoms. The van der Waals surface area contributed by atoms with Crippen molar-refractivity contribution in [2.75, 3.05) is 12.0 Å². The average Bonchev–Trinajstić information content (AvgIpc) is 3.11. The number of carbonyl (C=O) groups excluding carboxylic acids is 1. The molecule has 0 aliphatic carbocycles. The molecule has 7 nitrogen and oxygen atoms in total. The Bertz CT molecular complexity index is 1290. The SMILES string of the molecule is COc1ccc(N2C(=O)/C(=C\c3ccc(OCc4ccc([N+](=O)[O-])cc4)cc3)SC2=S)cc1Cl. The summed E-state index contributed by atoms with van der Waals surface area (Å²) in [5, 5.41) is 11.1. The number of hydrogen-bond acceptors (Lipinski definition) is 7. The molecule has 0 atom stereocenters. The van der Waals surface area contributed by atoms with Crippen molar-refractivity contribution < 1.29 is 19.2 Å². The van der Waals surface area contributed by atoms with Crippen LogP contribution in [-0.2, 0) is 11.4 Å². The predicted octanol–water partition coefficient (Wildman–Crippen LogP) is 6.24. The Morgan fingerprint density at radius 3 is 2.44 bits per heavy atom. The van der Waals surface area contributed by atoms with Crippen LogP contribution in [0.3, 0.4) is 0 Å². The number of nitro benzene ring substituents is 1. The van der Waals surface area contributed by atoms with Crippen LogP contribution in [0.25, 0.3) is 6.08 Å². The van der Waals surface area contributed by atoms with Crippen LogP contribution in [0.1, 0.15) is 11.1 Å². The van der Waals surface area contributed by atoms with Crippen LogP contribution in [0.5, 0.6) is 11.5 Å². The lowest BCUT2D eigenvalue weighted by atomic mass is 10.2. The molecule has 1 amide bonds. The Kier molecular flexibility index (Phi) is 7.16. The molecule has 0 unspecified atom stereocenters. The summed E-state index contributed by atoms with van der Waals surface area (Å²) in [5.74, 6) is 0.924. The van der Waals surface area contributed by atoms with Crippen LogP contribution in [-0.4, -0.2) is 22.3 Å². The van der Waals surface area contributed by atoms with E-state index >= 15 is 0 Å². The van der Waals surface area contributed by atoms with Crippen molar-refractivity contribution in [1.82, 2.24) is 0 Å². The maximum absolute atomic E-state index is 13.0. The average molecular weight is 513 g/mol. The van der Waals surface area contributed by atoms with Crippen molar-refractivity contribution in [2.24, 2.45) is 0 Å². The molecule has 3 aromatic rings. The first-order valence-corrected chi connectivity index (χ1v) is 11.5. The number of benzene rings is 3. The first-order valence-electron chi connectivity index (χ1n) is 9.93. The molecule has 1 saturated heterocycles. The Hall–Kier alpha value is -3.40. The highest BCUT2D eigenvalue weighted by molar-refractivity contribution is 8.27. The zero-order chi connectivity index (χ0) is 24.2. The lowest BCUT2D eigenvalue weighted by molar-refractivity contribution is -0.384. The summed E-state index contributed by atoms with van der Waals surface area (Å²) in [5.41, 5.74) is 2.24. The molecule has 3 aromatic carbocycles. The Morgan fingerprint density at radius 1 is 1.12 bits per heavy atom. The summed E-state index contributed by atoms with van der Waals surface area (Å²) < 4.78 is 11.3. The maximum Gasteiger partial charge on any atom is 0.270 e. The molecule has 1 fully saturated rings. The van der Waals surface area contributed by atoms with Gasteiger partial charge in [0.15, 0.2) is 4.32 Å². The Balaban J connectivity index is 1.43. The number of rotatable bonds is 7. The Morgan fingerprint density at radius 2 is 1.82 bits per heavy atom. The number of nitro groups is 1. The molecule has 0 radical (unpaired) electrons. The summed E-state index contributed by atoms with van der Waals surface area (Å²) in [6.07, 6.45) is 1.77. The fraction of sp³-hybridized carbons (Fsp3) is 0.0833. The molecule has 1 aliphatic heterocycles. The monoisotopic (exact) mass is 512 g/mol. The van der Waals surface area contributed by atoms with E-state index in [1.807, 2.05) is 12.1 Å². The van der Waals surface area contributed by atoms with Crippen molar-refractivity contribution in [3.8, 4) is 11.5 Å². The van der Waals surface area contributed by atoms with Crippen LogP contribution in [0.4, 0.5) is 11.4 Å². The smallest absolute Gasteiger partial charge is 0.270 e. The fourth-order valence-electron chi connectivity index (χ4n) is 3.18. The van der Waals surface area contributed by atoms with E-state index < -0.39 is 4.92 Å². The summed E-state index contributed by atoms with van der Waals surface area (Å²) in [6, 6.07) is 18.5. The number of thiocarbonyl (C=S) groups is 1. The van der Waals surface area contributed by atoms with Gasteiger partial charge in [0.05, 0.1) is 27.6 Å². The minimum absolute atomic E-state index is 0.0357. The van der Waals surface area contributed by atoms with Gasteiger partial charge in [-0.05, 0) is 59.7 Å². The van der Waals surface area contributed by atoms with Gasteiger partial charge >= 0.3 is 0 Å². The number of ether oxygens (including phenoxy) is 2. The van der Waals surface area contributed by atoms with Crippen molar-refractivity contribution in [1.29, 1.82) is 0 Å². The summed E-state index contributed by atoms with van der Waals surface area (Å²) >= 11 is 12.8. The minimum atomic E-state index is -0.441. The molecule has 10 heteroatoms. The second-order valence-electron chi connectivity index (χ2n) is 7.12. The van der Waals surface area contributed by atoms with E-state index in [-0.39, 0.29) is 18.2 Å². The van der Waals surface area contributed by atoms with Gasteiger partial charge in [-0.3, -0.25) is 19.8 Å². The number of anilines is 1. The molecule has 1 aliphatic rings. The van der Waals surface area contributed by atoms with Crippen LogP contribution in [0.2, 0.25) is 5.02 Å². The molecular formula is C24H17ClN2O5S2. The van der Waals surface area contributed by atoms with Crippen molar-refractivity contribution in [3.63, 3.8) is 0 Å². The fourth-order valence-corrected chi connectivity index (χ4v) is 4.73. The van der Waals surface area contributed by atoms with Gasteiger partial charge in [0.25, 0.3) is 11.6 Å². The number of non-ortho nitro benzene ring substituents is 1. The number of amides is 1. The van der Waals surface area contributed by atoms with Crippen LogP contribution in [0.15, 0.2) is 71.6 Å². The zero-order valence-electron chi connectivity index (χ0n) is 17.8. The molecule has 0 bridgehead atoms. The molecule has 34 heavy (non-hydrogen) atoms. The van der Waals surface area contributed by atoms with Gasteiger partial charge in [-0.1, -0.05) is 47.7 Å². The predicted molar refractivity (Wildman–Crippen MR) is 138 cm³/mol. The van der Waals surface area contributed by atoms with Crippen molar-refractivity contribution in [2.45, 2.75) is 6.61 Å². The van der Waals surface area contributed by atoms with E-state index in [2.05, 4.69) is 0 Å². The third-order valence-corrected chi connectivity index (χ3v) is 6.52. The van der Waals surface area contributed by atoms with E-state index in [0.29, 0.717) is 31.4 Å². The zero-order valence-corrected chi connectivity index (χ0v) is 20.2. The standard InChI is InChI=1S/C24H17ClN2O5S2/c1-31-21-11-8-18(13-20(21)25)26-23(28)22(34-24(26)33)12-15-4-9-19(10-5-15)32-14-16-2-6-17(7-3-16)27(29)30/h2-13H,14H2,1H3/b22-12+. The van der Waals surface area contributed by atoms with Crippen molar-refractivity contribution >= 4 is 63.3 Å². The first kappa shape index (κ1) is 23.7. The number of thioether (sulfide) groups is 1. The highest BCUT2D eigenvalue weighted by Gasteiger charge is 2.33. The van der Waals surface area contributed by atoms with Crippen LogP contribution < -0.4 is 14.4 Å². The molecule has 0 aromatic heterocycles. The van der Waals surface area contributed by atoms with E-state index in [1.54, 1.807) is 48.5 Å². The van der Waals surface area contributed by atoms with E-state index in [4.69, 9.17) is 33.3 Å². The van der Waals surface area contributed by atoms with Gasteiger partial charge in [-0.15, -0.1) is 0 Å². The largest absolute Gasteiger partial charge is 0.495 e. The summed E-state index contributed by atoms with van der Waals surface area (Å²) in [7, 11) is 1.52. The second-order valence-corrected chi connectivity index (χ2v) is 9.20. The van der Waals surface area contributed by atoms with Gasteiger partial charge in [-0.2, -0.15) is 0 Å². The number of hydrogen-bond donors (Lipinski definition) is 0. The highest BCUT2D eigenvalue weighted by atomic mass is 35.5. The summed E-state index contributed by atoms with van der Waals surface area (Å²) in [6.45, 7) is 0.278. The number of halogens is 1. The molecular weight excluding hydrogens is 496 g/mol. The maximum atomic E-state index is 13.0. The van der Waals surface area contributed by atoms with Crippen molar-refractivity contribution in [3.05, 3.63) is 97.9 Å². The number of nitrogens with zero attached hydrogens (tertiary/aromatic N) is 2. The van der Waals surface area contributed by atoms with E-state index in [0.717, 1.165) is 11.1 Å². The number of methoxy groups -OCH3 is 1. The van der Waals surface area contributed by atoms with E-state index in [9.17, 15) is 14.9 Å².